The van der Waals surface area contributed by atoms with Crippen molar-refractivity contribution in [2.45, 2.75) is 91.9 Å². The van der Waals surface area contributed by atoms with Crippen LogP contribution in [0.15, 0.2) is 0 Å². The fourth-order valence-corrected chi connectivity index (χ4v) is 4.46. The third kappa shape index (κ3) is 2.92. The van der Waals surface area contributed by atoms with E-state index in [0.29, 0.717) is 29.1 Å². The summed E-state index contributed by atoms with van der Waals surface area (Å²) in [5.74, 6) is 0.882. The molecule has 2 heteroatoms. The Morgan fingerprint density at radius 1 is 1.20 bits per heavy atom. The molecule has 2 bridgehead atoms. The van der Waals surface area contributed by atoms with E-state index in [1.54, 1.807) is 0 Å². The van der Waals surface area contributed by atoms with Crippen molar-refractivity contribution in [1.82, 2.24) is 5.32 Å². The molecule has 0 aromatic heterocycles. The summed E-state index contributed by atoms with van der Waals surface area (Å²) in [5.41, 5.74) is 0.874. The van der Waals surface area contributed by atoms with Crippen LogP contribution in [0.1, 0.15) is 73.6 Å². The zero-order valence-corrected chi connectivity index (χ0v) is 14.5. The molecule has 0 spiro atoms. The van der Waals surface area contributed by atoms with Crippen LogP contribution < -0.4 is 5.32 Å². The highest BCUT2D eigenvalue weighted by Crippen LogP contribution is 2.66. The molecule has 0 saturated heterocycles. The molecule has 2 nitrogen and oxygen atoms in total. The number of rotatable bonds is 7. The number of fused-ring (bicyclic) bond motifs is 2. The van der Waals surface area contributed by atoms with Crippen molar-refractivity contribution < 1.29 is 4.74 Å². The average Bonchev–Trinajstić information content (AvgIpc) is 2.67. The lowest BCUT2D eigenvalue weighted by atomic mass is 9.70. The topological polar surface area (TPSA) is 21.3 Å². The predicted molar refractivity (Wildman–Crippen MR) is 85.9 cm³/mol. The first-order valence-corrected chi connectivity index (χ1v) is 8.66. The highest BCUT2D eigenvalue weighted by molar-refractivity contribution is 5.11. The van der Waals surface area contributed by atoms with Gasteiger partial charge in [-0.15, -0.1) is 0 Å². The second-order valence-corrected chi connectivity index (χ2v) is 8.30. The van der Waals surface area contributed by atoms with Crippen LogP contribution >= 0.6 is 0 Å². The average molecular weight is 281 g/mol. The van der Waals surface area contributed by atoms with Crippen molar-refractivity contribution in [3.63, 3.8) is 0 Å². The monoisotopic (exact) mass is 281 g/mol. The quantitative estimate of drug-likeness (QED) is 0.699. The van der Waals surface area contributed by atoms with Crippen LogP contribution in [0.5, 0.6) is 0 Å². The first-order valence-electron chi connectivity index (χ1n) is 8.66. The van der Waals surface area contributed by atoms with Crippen LogP contribution in [0.4, 0.5) is 0 Å². The predicted octanol–water partition coefficient (Wildman–Crippen LogP) is 4.38. The van der Waals surface area contributed by atoms with Gasteiger partial charge in [-0.05, 0) is 62.3 Å². The van der Waals surface area contributed by atoms with E-state index in [1.165, 1.54) is 32.1 Å². The fourth-order valence-electron chi connectivity index (χ4n) is 4.46. The Labute approximate surface area is 126 Å². The summed E-state index contributed by atoms with van der Waals surface area (Å²) in [5, 5.41) is 3.49. The molecule has 118 valence electrons. The van der Waals surface area contributed by atoms with Crippen molar-refractivity contribution in [2.75, 3.05) is 6.54 Å². The summed E-state index contributed by atoms with van der Waals surface area (Å²) in [6.45, 7) is 15.2. The van der Waals surface area contributed by atoms with Gasteiger partial charge in [-0.25, -0.2) is 0 Å². The van der Waals surface area contributed by atoms with Crippen molar-refractivity contribution >= 4 is 0 Å². The van der Waals surface area contributed by atoms with Gasteiger partial charge in [0, 0.05) is 6.04 Å². The van der Waals surface area contributed by atoms with Gasteiger partial charge < -0.3 is 10.1 Å². The molecule has 4 atom stereocenters. The highest BCUT2D eigenvalue weighted by Gasteiger charge is 2.62. The minimum atomic E-state index is 0.404. The van der Waals surface area contributed by atoms with Gasteiger partial charge in [-0.3, -0.25) is 0 Å². The molecule has 20 heavy (non-hydrogen) atoms. The number of nitrogens with one attached hydrogen (secondary N) is 1. The van der Waals surface area contributed by atoms with Crippen molar-refractivity contribution in [3.05, 3.63) is 0 Å². The number of ether oxygens (including phenoxy) is 1. The maximum atomic E-state index is 6.46. The first-order chi connectivity index (χ1) is 9.27. The molecule has 2 rings (SSSR count). The first kappa shape index (κ1) is 16.3. The molecule has 2 fully saturated rings. The zero-order valence-electron chi connectivity index (χ0n) is 14.5. The Bertz CT molecular complexity index is 325. The third-order valence-electron chi connectivity index (χ3n) is 6.45. The van der Waals surface area contributed by atoms with Crippen molar-refractivity contribution in [1.29, 1.82) is 0 Å². The number of hydrogen-bond acceptors (Lipinski definition) is 2. The molecule has 1 N–H and O–H groups in total. The lowest BCUT2D eigenvalue weighted by molar-refractivity contribution is -0.0826. The van der Waals surface area contributed by atoms with Crippen molar-refractivity contribution in [2.24, 2.45) is 16.7 Å². The van der Waals surface area contributed by atoms with Crippen LogP contribution in [0.2, 0.25) is 0 Å². The standard InChI is InChI=1S/C18H35NO/c1-13(2)19-11-7-8-14(3)20-16-12-15-9-10-18(16,6)17(15,4)5/h13-16,19H,7-12H2,1-6H3. The molecular formula is C18H35NO. The summed E-state index contributed by atoms with van der Waals surface area (Å²) in [4.78, 5) is 0. The number of hydrogen-bond donors (Lipinski definition) is 1. The van der Waals surface area contributed by atoms with Gasteiger partial charge in [0.05, 0.1) is 12.2 Å². The van der Waals surface area contributed by atoms with E-state index in [2.05, 4.69) is 46.9 Å². The molecule has 0 aromatic carbocycles. The Morgan fingerprint density at radius 2 is 1.90 bits per heavy atom. The zero-order chi connectivity index (χ0) is 15.0. The molecular weight excluding hydrogens is 246 g/mol. The van der Waals surface area contributed by atoms with Crippen LogP contribution in [-0.4, -0.2) is 24.8 Å². The van der Waals surface area contributed by atoms with Gasteiger partial charge in [0.1, 0.15) is 0 Å². The summed E-state index contributed by atoms with van der Waals surface area (Å²) in [6, 6.07) is 0.594. The van der Waals surface area contributed by atoms with Crippen LogP contribution in [0, 0.1) is 16.7 Å². The van der Waals surface area contributed by atoms with Gasteiger partial charge in [0.25, 0.3) is 0 Å². The van der Waals surface area contributed by atoms with E-state index in [-0.39, 0.29) is 0 Å². The lowest BCUT2D eigenvalue weighted by Gasteiger charge is -2.40. The minimum absolute atomic E-state index is 0.404. The smallest absolute Gasteiger partial charge is 0.0640 e. The molecule has 0 amide bonds. The van der Waals surface area contributed by atoms with E-state index in [0.717, 1.165) is 12.5 Å². The van der Waals surface area contributed by atoms with Crippen LogP contribution in [0.25, 0.3) is 0 Å². The van der Waals surface area contributed by atoms with Gasteiger partial charge in [-0.2, -0.15) is 0 Å². The van der Waals surface area contributed by atoms with E-state index in [4.69, 9.17) is 4.74 Å². The van der Waals surface area contributed by atoms with Gasteiger partial charge in [0.15, 0.2) is 0 Å². The van der Waals surface area contributed by atoms with Gasteiger partial charge >= 0.3 is 0 Å². The summed E-state index contributed by atoms with van der Waals surface area (Å²) in [7, 11) is 0. The molecule has 0 radical (unpaired) electrons. The van der Waals surface area contributed by atoms with Gasteiger partial charge in [-0.1, -0.05) is 34.6 Å². The van der Waals surface area contributed by atoms with Crippen LogP contribution in [-0.2, 0) is 4.74 Å². The Balaban J connectivity index is 1.77. The summed E-state index contributed by atoms with van der Waals surface area (Å²) >= 11 is 0. The van der Waals surface area contributed by atoms with E-state index in [9.17, 15) is 0 Å². The molecule has 0 aromatic rings. The summed E-state index contributed by atoms with van der Waals surface area (Å²) in [6.07, 6.45) is 7.35. The van der Waals surface area contributed by atoms with E-state index >= 15 is 0 Å². The lowest BCUT2D eigenvalue weighted by Crippen LogP contribution is -2.38. The maximum Gasteiger partial charge on any atom is 0.0640 e. The molecule has 4 unspecified atom stereocenters. The Hall–Kier alpha value is -0.0800. The van der Waals surface area contributed by atoms with Crippen LogP contribution in [0.3, 0.4) is 0 Å². The van der Waals surface area contributed by atoms with E-state index in [1.807, 2.05) is 0 Å². The summed E-state index contributed by atoms with van der Waals surface area (Å²) < 4.78 is 6.46. The minimum Gasteiger partial charge on any atom is -0.375 e. The van der Waals surface area contributed by atoms with E-state index < -0.39 is 0 Å². The Kier molecular flexibility index (Phi) is 4.86. The van der Waals surface area contributed by atoms with Crippen molar-refractivity contribution in [3.8, 4) is 0 Å². The Morgan fingerprint density at radius 3 is 2.40 bits per heavy atom. The normalized spacial score (nSPS) is 36.8. The molecule has 0 aliphatic heterocycles. The highest BCUT2D eigenvalue weighted by atomic mass is 16.5. The molecule has 0 heterocycles. The molecule has 2 aliphatic rings. The maximum absolute atomic E-state index is 6.46. The second-order valence-electron chi connectivity index (χ2n) is 8.30. The second kappa shape index (κ2) is 5.96. The largest absolute Gasteiger partial charge is 0.375 e. The third-order valence-corrected chi connectivity index (χ3v) is 6.45. The SMILES string of the molecule is CC(C)NCCCC(C)OC1CC2CCC1(C)C2(C)C. The fraction of sp³-hybridized carbons (Fsp3) is 1.00. The van der Waals surface area contributed by atoms with Gasteiger partial charge in [0.2, 0.25) is 0 Å². The molecule has 2 saturated carbocycles. The molecule has 2 aliphatic carbocycles.